The standard InChI is InChI=1S/C15H17F3N2O3/c16-15(17,18)9-11-3-1-2-4-12(11)19-14(23)20-7-5-10(6-8-20)13(21)22/h1-4,10H,5-9H2,(H,19,23)(H,21,22). The lowest BCUT2D eigenvalue weighted by Crippen LogP contribution is -2.42. The molecule has 0 saturated carbocycles. The minimum atomic E-state index is -4.36. The van der Waals surface area contributed by atoms with Gasteiger partial charge < -0.3 is 15.3 Å². The summed E-state index contributed by atoms with van der Waals surface area (Å²) >= 11 is 0. The van der Waals surface area contributed by atoms with Gasteiger partial charge in [-0.15, -0.1) is 0 Å². The highest BCUT2D eigenvalue weighted by atomic mass is 19.4. The Bertz CT molecular complexity index is 582. The number of urea groups is 1. The molecule has 1 aromatic carbocycles. The number of benzene rings is 1. The zero-order valence-electron chi connectivity index (χ0n) is 12.3. The van der Waals surface area contributed by atoms with E-state index in [0.29, 0.717) is 12.8 Å². The van der Waals surface area contributed by atoms with Crippen LogP contribution in [0.5, 0.6) is 0 Å². The first-order valence-electron chi connectivity index (χ1n) is 7.19. The monoisotopic (exact) mass is 330 g/mol. The largest absolute Gasteiger partial charge is 0.481 e. The van der Waals surface area contributed by atoms with Gasteiger partial charge in [0.25, 0.3) is 0 Å². The lowest BCUT2D eigenvalue weighted by Gasteiger charge is -2.30. The molecule has 1 aliphatic rings. The Morgan fingerprint density at radius 3 is 2.39 bits per heavy atom. The van der Waals surface area contributed by atoms with Crippen molar-refractivity contribution in [2.24, 2.45) is 5.92 Å². The molecule has 1 aromatic rings. The average molecular weight is 330 g/mol. The second kappa shape index (κ2) is 6.89. The van der Waals surface area contributed by atoms with Crippen molar-refractivity contribution in [3.05, 3.63) is 29.8 Å². The summed E-state index contributed by atoms with van der Waals surface area (Å²) in [6, 6.07) is 5.26. The summed E-state index contributed by atoms with van der Waals surface area (Å²) in [5, 5.41) is 11.4. The minimum absolute atomic E-state index is 0.00577. The highest BCUT2D eigenvalue weighted by Gasteiger charge is 2.30. The SMILES string of the molecule is O=C(O)C1CCN(C(=O)Nc2ccccc2CC(F)(F)F)CC1. The summed E-state index contributed by atoms with van der Waals surface area (Å²) in [7, 11) is 0. The molecule has 0 radical (unpaired) electrons. The zero-order valence-corrected chi connectivity index (χ0v) is 12.3. The van der Waals surface area contributed by atoms with E-state index < -0.39 is 30.5 Å². The molecule has 2 amide bonds. The minimum Gasteiger partial charge on any atom is -0.481 e. The van der Waals surface area contributed by atoms with Crippen LogP contribution in [0.2, 0.25) is 0 Å². The van der Waals surface area contributed by atoms with Crippen LogP contribution in [-0.2, 0) is 11.2 Å². The Kier molecular flexibility index (Phi) is 5.12. The van der Waals surface area contributed by atoms with E-state index in [1.165, 1.54) is 23.1 Å². The summed E-state index contributed by atoms with van der Waals surface area (Å²) in [4.78, 5) is 24.4. The molecule has 1 fully saturated rings. The predicted octanol–water partition coefficient (Wildman–Crippen LogP) is 3.12. The number of aliphatic carboxylic acids is 1. The third-order valence-electron chi connectivity index (χ3n) is 3.78. The molecule has 5 nitrogen and oxygen atoms in total. The van der Waals surface area contributed by atoms with Gasteiger partial charge in [0.1, 0.15) is 0 Å². The van der Waals surface area contributed by atoms with E-state index in [9.17, 15) is 22.8 Å². The quantitative estimate of drug-likeness (QED) is 0.895. The lowest BCUT2D eigenvalue weighted by molar-refractivity contribution is -0.143. The van der Waals surface area contributed by atoms with Gasteiger partial charge in [-0.2, -0.15) is 13.2 Å². The van der Waals surface area contributed by atoms with E-state index in [-0.39, 0.29) is 24.3 Å². The second-order valence-corrected chi connectivity index (χ2v) is 5.48. The van der Waals surface area contributed by atoms with Crippen molar-refractivity contribution in [3.63, 3.8) is 0 Å². The number of halogens is 3. The third kappa shape index (κ3) is 4.87. The fourth-order valence-corrected chi connectivity index (χ4v) is 2.54. The van der Waals surface area contributed by atoms with Crippen molar-refractivity contribution in [2.45, 2.75) is 25.4 Å². The fourth-order valence-electron chi connectivity index (χ4n) is 2.54. The summed E-state index contributed by atoms with van der Waals surface area (Å²) < 4.78 is 37.7. The van der Waals surface area contributed by atoms with Crippen LogP contribution in [0.15, 0.2) is 24.3 Å². The number of alkyl halides is 3. The van der Waals surface area contributed by atoms with Crippen LogP contribution in [0.3, 0.4) is 0 Å². The molecule has 0 aliphatic carbocycles. The number of nitrogens with zero attached hydrogens (tertiary/aromatic N) is 1. The van der Waals surface area contributed by atoms with E-state index in [2.05, 4.69) is 5.32 Å². The molecule has 2 N–H and O–H groups in total. The molecule has 1 heterocycles. The maximum absolute atomic E-state index is 12.6. The van der Waals surface area contributed by atoms with Gasteiger partial charge in [-0.05, 0) is 24.5 Å². The van der Waals surface area contributed by atoms with Crippen molar-refractivity contribution < 1.29 is 27.9 Å². The first-order chi connectivity index (χ1) is 10.8. The molecule has 23 heavy (non-hydrogen) atoms. The Morgan fingerprint density at radius 1 is 1.22 bits per heavy atom. The van der Waals surface area contributed by atoms with Gasteiger partial charge in [0.05, 0.1) is 12.3 Å². The Morgan fingerprint density at radius 2 is 1.83 bits per heavy atom. The van der Waals surface area contributed by atoms with Crippen molar-refractivity contribution in [2.75, 3.05) is 18.4 Å². The molecule has 1 saturated heterocycles. The topological polar surface area (TPSA) is 69.6 Å². The van der Waals surface area contributed by atoms with Gasteiger partial charge in [-0.3, -0.25) is 4.79 Å². The number of piperidine rings is 1. The van der Waals surface area contributed by atoms with Crippen molar-refractivity contribution in [1.82, 2.24) is 4.90 Å². The number of nitrogens with one attached hydrogen (secondary N) is 1. The lowest BCUT2D eigenvalue weighted by atomic mass is 9.97. The average Bonchev–Trinajstić information content (AvgIpc) is 2.48. The van der Waals surface area contributed by atoms with Gasteiger partial charge in [0.2, 0.25) is 0 Å². The number of amides is 2. The Hall–Kier alpha value is -2.25. The molecule has 0 unspecified atom stereocenters. The summed E-state index contributed by atoms with van der Waals surface area (Å²) in [6.07, 6.45) is -4.80. The number of rotatable bonds is 3. The Labute approximate surface area is 131 Å². The van der Waals surface area contributed by atoms with E-state index in [4.69, 9.17) is 5.11 Å². The van der Waals surface area contributed by atoms with Gasteiger partial charge >= 0.3 is 18.2 Å². The van der Waals surface area contributed by atoms with Crippen LogP contribution in [0.4, 0.5) is 23.7 Å². The number of carboxylic acid groups (broad SMARTS) is 1. The van der Waals surface area contributed by atoms with Gasteiger partial charge in [0, 0.05) is 18.8 Å². The van der Waals surface area contributed by atoms with E-state index >= 15 is 0 Å². The highest BCUT2D eigenvalue weighted by Crippen LogP contribution is 2.26. The number of carbonyl (C=O) groups excluding carboxylic acids is 1. The van der Waals surface area contributed by atoms with Crippen molar-refractivity contribution in [3.8, 4) is 0 Å². The molecule has 0 atom stereocenters. The van der Waals surface area contributed by atoms with Crippen molar-refractivity contribution in [1.29, 1.82) is 0 Å². The first kappa shape index (κ1) is 17.1. The van der Waals surface area contributed by atoms with Gasteiger partial charge in [-0.25, -0.2) is 4.79 Å². The second-order valence-electron chi connectivity index (χ2n) is 5.48. The van der Waals surface area contributed by atoms with Crippen LogP contribution in [0, 0.1) is 5.92 Å². The number of para-hydroxylation sites is 1. The first-order valence-corrected chi connectivity index (χ1v) is 7.19. The maximum Gasteiger partial charge on any atom is 0.393 e. The molecule has 2 rings (SSSR count). The van der Waals surface area contributed by atoms with Crippen LogP contribution in [0.25, 0.3) is 0 Å². The highest BCUT2D eigenvalue weighted by molar-refractivity contribution is 5.90. The van der Waals surface area contributed by atoms with Crippen LogP contribution in [0.1, 0.15) is 18.4 Å². The van der Waals surface area contributed by atoms with E-state index in [1.807, 2.05) is 0 Å². The summed E-state index contributed by atoms with van der Waals surface area (Å²) in [5.74, 6) is -1.36. The van der Waals surface area contributed by atoms with E-state index in [0.717, 1.165) is 0 Å². The van der Waals surface area contributed by atoms with Crippen molar-refractivity contribution >= 4 is 17.7 Å². The third-order valence-corrected chi connectivity index (χ3v) is 3.78. The molecule has 0 aromatic heterocycles. The number of likely N-dealkylation sites (tertiary alicyclic amines) is 1. The summed E-state index contributed by atoms with van der Waals surface area (Å²) in [6.45, 7) is 0.536. The number of hydrogen-bond acceptors (Lipinski definition) is 2. The Balaban J connectivity index is 2.00. The molecular formula is C15H17F3N2O3. The molecular weight excluding hydrogens is 313 g/mol. The number of carboxylic acids is 1. The molecule has 8 heteroatoms. The zero-order chi connectivity index (χ0) is 17.0. The van der Waals surface area contributed by atoms with Crippen LogP contribution < -0.4 is 5.32 Å². The maximum atomic E-state index is 12.6. The van der Waals surface area contributed by atoms with Gasteiger partial charge in [-0.1, -0.05) is 18.2 Å². The number of hydrogen-bond donors (Lipinski definition) is 2. The smallest absolute Gasteiger partial charge is 0.393 e. The fraction of sp³-hybridized carbons (Fsp3) is 0.467. The number of carbonyl (C=O) groups is 2. The van der Waals surface area contributed by atoms with Crippen LogP contribution in [-0.4, -0.2) is 41.3 Å². The summed E-state index contributed by atoms with van der Waals surface area (Å²) in [5.41, 5.74) is 0.115. The van der Waals surface area contributed by atoms with Gasteiger partial charge in [0.15, 0.2) is 0 Å². The van der Waals surface area contributed by atoms with Crippen LogP contribution >= 0.6 is 0 Å². The number of anilines is 1. The predicted molar refractivity (Wildman–Crippen MR) is 77.2 cm³/mol. The van der Waals surface area contributed by atoms with E-state index in [1.54, 1.807) is 6.07 Å². The normalized spacial score (nSPS) is 16.2. The molecule has 1 aliphatic heterocycles. The molecule has 0 spiro atoms. The molecule has 126 valence electrons. The molecule has 0 bridgehead atoms.